The summed E-state index contributed by atoms with van der Waals surface area (Å²) in [5.41, 5.74) is 1.53. The first-order chi connectivity index (χ1) is 9.97. The molecule has 0 heterocycles. The number of anilines is 1. The van der Waals surface area contributed by atoms with Crippen molar-refractivity contribution in [3.05, 3.63) is 64.4 Å². The summed E-state index contributed by atoms with van der Waals surface area (Å²) in [6, 6.07) is 11.0. The molecule has 21 heavy (non-hydrogen) atoms. The summed E-state index contributed by atoms with van der Waals surface area (Å²) in [7, 11) is 0. The van der Waals surface area contributed by atoms with Crippen LogP contribution >= 0.6 is 23.8 Å². The number of rotatable bonds is 2. The Kier molecular flexibility index (Phi) is 4.88. The quantitative estimate of drug-likeness (QED) is 0.824. The lowest BCUT2D eigenvalue weighted by molar-refractivity contribution is 0.0974. The first kappa shape index (κ1) is 15.4. The minimum absolute atomic E-state index is 0.0653. The fourth-order valence-electron chi connectivity index (χ4n) is 1.70. The van der Waals surface area contributed by atoms with E-state index in [1.807, 2.05) is 13.0 Å². The van der Waals surface area contributed by atoms with Gasteiger partial charge in [0, 0.05) is 10.7 Å². The minimum atomic E-state index is -0.606. The molecule has 2 aromatic rings. The molecule has 1 amide bonds. The largest absolute Gasteiger partial charge is 0.332 e. The van der Waals surface area contributed by atoms with Gasteiger partial charge in [-0.05, 0) is 49.0 Å². The van der Waals surface area contributed by atoms with E-state index in [1.54, 1.807) is 18.2 Å². The van der Waals surface area contributed by atoms with Crippen LogP contribution in [0.4, 0.5) is 10.1 Å². The summed E-state index contributed by atoms with van der Waals surface area (Å²) in [4.78, 5) is 11.9. The maximum Gasteiger partial charge on any atom is 0.260 e. The van der Waals surface area contributed by atoms with Gasteiger partial charge in [0.15, 0.2) is 5.11 Å². The molecule has 0 saturated carbocycles. The SMILES string of the molecule is Cc1ccc(Cl)cc1NC(=S)NC(=O)c1ccccc1F. The van der Waals surface area contributed by atoms with Crippen molar-refractivity contribution in [2.24, 2.45) is 0 Å². The molecule has 2 aromatic carbocycles. The molecule has 2 N–H and O–H groups in total. The van der Waals surface area contributed by atoms with E-state index in [1.165, 1.54) is 18.2 Å². The number of hydrogen-bond donors (Lipinski definition) is 2. The van der Waals surface area contributed by atoms with Gasteiger partial charge in [-0.15, -0.1) is 0 Å². The van der Waals surface area contributed by atoms with Crippen molar-refractivity contribution in [3.63, 3.8) is 0 Å². The Bertz CT molecular complexity index is 706. The lowest BCUT2D eigenvalue weighted by Gasteiger charge is -2.12. The van der Waals surface area contributed by atoms with Crippen LogP contribution in [-0.4, -0.2) is 11.0 Å². The van der Waals surface area contributed by atoms with Crippen LogP contribution < -0.4 is 10.6 Å². The van der Waals surface area contributed by atoms with Crippen molar-refractivity contribution in [3.8, 4) is 0 Å². The number of amides is 1. The molecule has 6 heteroatoms. The Labute approximate surface area is 132 Å². The number of benzene rings is 2. The van der Waals surface area contributed by atoms with Crippen molar-refractivity contribution in [2.45, 2.75) is 6.92 Å². The molecule has 0 aliphatic carbocycles. The molecule has 0 aromatic heterocycles. The fourth-order valence-corrected chi connectivity index (χ4v) is 2.07. The topological polar surface area (TPSA) is 41.1 Å². The van der Waals surface area contributed by atoms with Gasteiger partial charge >= 0.3 is 0 Å². The second kappa shape index (κ2) is 6.65. The highest BCUT2D eigenvalue weighted by atomic mass is 35.5. The van der Waals surface area contributed by atoms with Gasteiger partial charge < -0.3 is 5.32 Å². The number of halogens is 2. The second-order valence-corrected chi connectivity index (χ2v) is 5.19. The van der Waals surface area contributed by atoms with Crippen molar-refractivity contribution in [1.29, 1.82) is 0 Å². The Morgan fingerprint density at radius 2 is 1.95 bits per heavy atom. The van der Waals surface area contributed by atoms with Gasteiger partial charge in [-0.2, -0.15) is 0 Å². The van der Waals surface area contributed by atoms with E-state index in [-0.39, 0.29) is 10.7 Å². The standard InChI is InChI=1S/C15H12ClFN2OS/c1-9-6-7-10(16)8-13(9)18-15(21)19-14(20)11-4-2-3-5-12(11)17/h2-8H,1H3,(H2,18,19,20,21). The molecule has 0 unspecified atom stereocenters. The van der Waals surface area contributed by atoms with E-state index >= 15 is 0 Å². The average Bonchev–Trinajstić information content (AvgIpc) is 2.43. The molecule has 0 radical (unpaired) electrons. The number of carbonyl (C=O) groups is 1. The van der Waals surface area contributed by atoms with Gasteiger partial charge in [-0.3, -0.25) is 10.1 Å². The molecule has 3 nitrogen and oxygen atoms in total. The molecule has 108 valence electrons. The molecule has 0 spiro atoms. The number of aryl methyl sites for hydroxylation is 1. The molecule has 0 aliphatic rings. The molecular formula is C15H12ClFN2OS. The fraction of sp³-hybridized carbons (Fsp3) is 0.0667. The van der Waals surface area contributed by atoms with Gasteiger partial charge in [0.1, 0.15) is 5.82 Å². The number of hydrogen-bond acceptors (Lipinski definition) is 2. The van der Waals surface area contributed by atoms with Crippen LogP contribution in [0.3, 0.4) is 0 Å². The summed E-state index contributed by atoms with van der Waals surface area (Å²) >= 11 is 11.0. The van der Waals surface area contributed by atoms with Crippen molar-refractivity contribution < 1.29 is 9.18 Å². The number of nitrogens with one attached hydrogen (secondary N) is 2. The summed E-state index contributed by atoms with van der Waals surface area (Å²) in [6.07, 6.45) is 0. The average molecular weight is 323 g/mol. The monoisotopic (exact) mass is 322 g/mol. The van der Waals surface area contributed by atoms with Crippen LogP contribution in [0.25, 0.3) is 0 Å². The molecule has 0 bridgehead atoms. The predicted molar refractivity (Wildman–Crippen MR) is 86.3 cm³/mol. The maximum absolute atomic E-state index is 13.5. The summed E-state index contributed by atoms with van der Waals surface area (Å²) in [5.74, 6) is -1.21. The number of thiocarbonyl (C=S) groups is 1. The van der Waals surface area contributed by atoms with E-state index in [9.17, 15) is 9.18 Å². The molecule has 0 atom stereocenters. The van der Waals surface area contributed by atoms with E-state index in [0.29, 0.717) is 10.7 Å². The van der Waals surface area contributed by atoms with E-state index in [0.717, 1.165) is 5.56 Å². The summed E-state index contributed by atoms with van der Waals surface area (Å²) in [6.45, 7) is 1.87. The molecular weight excluding hydrogens is 311 g/mol. The van der Waals surface area contributed by atoms with Crippen LogP contribution in [0.2, 0.25) is 5.02 Å². The van der Waals surface area contributed by atoms with Crippen LogP contribution in [0.5, 0.6) is 0 Å². The lowest BCUT2D eigenvalue weighted by atomic mass is 10.2. The highest BCUT2D eigenvalue weighted by Crippen LogP contribution is 2.20. The zero-order valence-electron chi connectivity index (χ0n) is 11.1. The maximum atomic E-state index is 13.5. The predicted octanol–water partition coefficient (Wildman–Crippen LogP) is 3.91. The summed E-state index contributed by atoms with van der Waals surface area (Å²) in [5, 5.41) is 5.92. The van der Waals surface area contributed by atoms with Gasteiger partial charge in [-0.1, -0.05) is 29.8 Å². The molecule has 0 fully saturated rings. The first-order valence-electron chi connectivity index (χ1n) is 6.10. The van der Waals surface area contributed by atoms with Gasteiger partial charge in [0.25, 0.3) is 5.91 Å². The van der Waals surface area contributed by atoms with Crippen molar-refractivity contribution in [2.75, 3.05) is 5.32 Å². The van der Waals surface area contributed by atoms with Crippen molar-refractivity contribution >= 4 is 40.5 Å². The van der Waals surface area contributed by atoms with Gasteiger partial charge in [0.05, 0.1) is 5.56 Å². The Morgan fingerprint density at radius 1 is 1.24 bits per heavy atom. The van der Waals surface area contributed by atoms with Crippen LogP contribution in [-0.2, 0) is 0 Å². The van der Waals surface area contributed by atoms with Crippen LogP contribution in [0.1, 0.15) is 15.9 Å². The molecule has 0 saturated heterocycles. The third kappa shape index (κ3) is 4.00. The lowest BCUT2D eigenvalue weighted by Crippen LogP contribution is -2.34. The Morgan fingerprint density at radius 3 is 2.67 bits per heavy atom. The van der Waals surface area contributed by atoms with Crippen molar-refractivity contribution in [1.82, 2.24) is 5.32 Å². The smallest absolute Gasteiger partial charge is 0.260 e. The summed E-state index contributed by atoms with van der Waals surface area (Å²) < 4.78 is 13.5. The van der Waals surface area contributed by atoms with Gasteiger partial charge in [-0.25, -0.2) is 4.39 Å². The van der Waals surface area contributed by atoms with Crippen LogP contribution in [0.15, 0.2) is 42.5 Å². The van der Waals surface area contributed by atoms with Gasteiger partial charge in [0.2, 0.25) is 0 Å². The van der Waals surface area contributed by atoms with E-state index in [4.69, 9.17) is 23.8 Å². The molecule has 0 aliphatic heterocycles. The first-order valence-corrected chi connectivity index (χ1v) is 6.89. The Hall–Kier alpha value is -1.98. The highest BCUT2D eigenvalue weighted by molar-refractivity contribution is 7.80. The highest BCUT2D eigenvalue weighted by Gasteiger charge is 2.12. The normalized spacial score (nSPS) is 10.0. The third-order valence-electron chi connectivity index (χ3n) is 2.79. The Balaban J connectivity index is 2.07. The third-order valence-corrected chi connectivity index (χ3v) is 3.23. The van der Waals surface area contributed by atoms with E-state index in [2.05, 4.69) is 10.6 Å². The van der Waals surface area contributed by atoms with E-state index < -0.39 is 11.7 Å². The zero-order chi connectivity index (χ0) is 15.4. The molecule has 2 rings (SSSR count). The minimum Gasteiger partial charge on any atom is -0.332 e. The zero-order valence-corrected chi connectivity index (χ0v) is 12.7. The second-order valence-electron chi connectivity index (χ2n) is 4.35. The number of carbonyl (C=O) groups excluding carboxylic acids is 1. The van der Waals surface area contributed by atoms with Crippen LogP contribution in [0, 0.1) is 12.7 Å².